The number of carbonyl (C=O) groups is 1. The van der Waals surface area contributed by atoms with E-state index in [1.807, 2.05) is 0 Å². The second kappa shape index (κ2) is 8.87. The molecule has 32 heavy (non-hydrogen) atoms. The van der Waals surface area contributed by atoms with Crippen LogP contribution in [0.5, 0.6) is 5.75 Å². The van der Waals surface area contributed by atoms with Crippen LogP contribution in [-0.4, -0.2) is 24.2 Å². The number of hydrogen-bond donors (Lipinski definition) is 1. The van der Waals surface area contributed by atoms with Crippen molar-refractivity contribution >= 4 is 17.2 Å². The fourth-order valence-corrected chi connectivity index (χ4v) is 4.35. The molecule has 0 bridgehead atoms. The molecule has 1 aromatic heterocycles. The highest BCUT2D eigenvalue weighted by Gasteiger charge is 2.30. The Morgan fingerprint density at radius 3 is 2.69 bits per heavy atom. The van der Waals surface area contributed by atoms with Gasteiger partial charge in [-0.15, -0.1) is 11.3 Å². The Kier molecular flexibility index (Phi) is 6.16. The molecule has 3 aromatic rings. The Hall–Kier alpha value is -2.98. The molecule has 0 aliphatic carbocycles. The maximum absolute atomic E-state index is 13.8. The van der Waals surface area contributed by atoms with E-state index < -0.39 is 17.6 Å². The van der Waals surface area contributed by atoms with Crippen LogP contribution in [0.15, 0.2) is 36.4 Å². The van der Waals surface area contributed by atoms with Crippen molar-refractivity contribution in [3.8, 4) is 16.3 Å². The minimum atomic E-state index is -4.42. The predicted octanol–water partition coefficient (Wildman–Crippen LogP) is 5.12. The van der Waals surface area contributed by atoms with Gasteiger partial charge in [-0.05, 0) is 43.2 Å². The van der Waals surface area contributed by atoms with Gasteiger partial charge in [0.05, 0.1) is 17.9 Å². The summed E-state index contributed by atoms with van der Waals surface area (Å²) in [4.78, 5) is 17.3. The first-order chi connectivity index (χ1) is 15.2. The molecule has 0 saturated carbocycles. The van der Waals surface area contributed by atoms with Gasteiger partial charge in [0.15, 0.2) is 6.79 Å². The molecule has 10 heteroatoms. The minimum Gasteiger partial charge on any atom is -0.467 e. The van der Waals surface area contributed by atoms with Crippen molar-refractivity contribution in [3.05, 3.63) is 69.5 Å². The van der Waals surface area contributed by atoms with Crippen LogP contribution in [0.3, 0.4) is 0 Å². The van der Waals surface area contributed by atoms with Crippen LogP contribution in [-0.2, 0) is 23.9 Å². The number of aryl methyl sites for hydroxylation is 1. The molecule has 1 N–H and O–H groups in total. The van der Waals surface area contributed by atoms with Crippen LogP contribution in [0, 0.1) is 12.7 Å². The summed E-state index contributed by atoms with van der Waals surface area (Å²) in [6, 6.07) is 7.37. The summed E-state index contributed by atoms with van der Waals surface area (Å²) in [6.07, 6.45) is -4.06. The van der Waals surface area contributed by atoms with E-state index >= 15 is 0 Å². The molecule has 0 unspecified atom stereocenters. The number of halogens is 4. The van der Waals surface area contributed by atoms with Gasteiger partial charge in [0, 0.05) is 17.7 Å². The Labute approximate surface area is 185 Å². The zero-order valence-electron chi connectivity index (χ0n) is 16.9. The zero-order chi connectivity index (χ0) is 22.9. The first-order valence-electron chi connectivity index (χ1n) is 9.67. The smallest absolute Gasteiger partial charge is 0.416 e. The van der Waals surface area contributed by atoms with Gasteiger partial charge in [-0.2, -0.15) is 13.2 Å². The molecule has 4 rings (SSSR count). The molecule has 0 radical (unpaired) electrons. The summed E-state index contributed by atoms with van der Waals surface area (Å²) < 4.78 is 62.7. The molecule has 0 fully saturated rings. The molecule has 1 aliphatic rings. The number of nitrogens with zero attached hydrogens (tertiary/aromatic N) is 1. The Morgan fingerprint density at radius 1 is 1.22 bits per heavy atom. The van der Waals surface area contributed by atoms with Crippen molar-refractivity contribution < 1.29 is 31.8 Å². The summed E-state index contributed by atoms with van der Waals surface area (Å²) in [7, 11) is 0. The second-order valence-electron chi connectivity index (χ2n) is 7.18. The third-order valence-corrected chi connectivity index (χ3v) is 6.10. The molecule has 1 amide bonds. The highest BCUT2D eigenvalue weighted by atomic mass is 32.1. The SMILES string of the molecule is Cc1nc(-c2ccc(C(F)(F)F)cc2)sc1C(=O)NCCc1cc(F)cc2c1OCOC2. The number of aromatic nitrogens is 1. The van der Waals surface area contributed by atoms with Gasteiger partial charge in [0.1, 0.15) is 21.5 Å². The lowest BCUT2D eigenvalue weighted by molar-refractivity contribution is -0.137. The summed E-state index contributed by atoms with van der Waals surface area (Å²) in [6.45, 7) is 2.26. The highest BCUT2D eigenvalue weighted by molar-refractivity contribution is 7.17. The average molecular weight is 466 g/mol. The number of fused-ring (bicyclic) bond motifs is 1. The molecule has 1 aliphatic heterocycles. The number of nitrogens with one attached hydrogen (secondary N) is 1. The quantitative estimate of drug-likeness (QED) is 0.531. The van der Waals surface area contributed by atoms with Crippen LogP contribution in [0.1, 0.15) is 32.1 Å². The van der Waals surface area contributed by atoms with Crippen molar-refractivity contribution in [2.75, 3.05) is 13.3 Å². The third-order valence-electron chi connectivity index (χ3n) is 4.89. The first kappa shape index (κ1) is 22.2. The largest absolute Gasteiger partial charge is 0.467 e. The van der Waals surface area contributed by atoms with Crippen LogP contribution in [0.2, 0.25) is 0 Å². The van der Waals surface area contributed by atoms with Crippen LogP contribution in [0.25, 0.3) is 10.6 Å². The van der Waals surface area contributed by atoms with Crippen molar-refractivity contribution in [3.63, 3.8) is 0 Å². The normalized spacial score (nSPS) is 13.4. The van der Waals surface area contributed by atoms with Gasteiger partial charge >= 0.3 is 6.18 Å². The van der Waals surface area contributed by atoms with E-state index in [-0.39, 0.29) is 25.9 Å². The van der Waals surface area contributed by atoms with E-state index in [0.29, 0.717) is 44.4 Å². The highest BCUT2D eigenvalue weighted by Crippen LogP contribution is 2.33. The third kappa shape index (κ3) is 4.76. The van der Waals surface area contributed by atoms with Gasteiger partial charge < -0.3 is 14.8 Å². The van der Waals surface area contributed by atoms with Gasteiger partial charge in [0.25, 0.3) is 5.91 Å². The van der Waals surface area contributed by atoms with Crippen LogP contribution >= 0.6 is 11.3 Å². The number of hydrogen-bond acceptors (Lipinski definition) is 5. The van der Waals surface area contributed by atoms with E-state index in [9.17, 15) is 22.4 Å². The molecular formula is C22H18F4N2O3S. The van der Waals surface area contributed by atoms with E-state index in [2.05, 4.69) is 10.3 Å². The van der Waals surface area contributed by atoms with E-state index in [1.54, 1.807) is 6.92 Å². The zero-order valence-corrected chi connectivity index (χ0v) is 17.7. The number of rotatable bonds is 5. The van der Waals surface area contributed by atoms with Crippen molar-refractivity contribution in [2.45, 2.75) is 26.1 Å². The lowest BCUT2D eigenvalue weighted by Crippen LogP contribution is -2.26. The van der Waals surface area contributed by atoms with Gasteiger partial charge in [-0.3, -0.25) is 4.79 Å². The number of alkyl halides is 3. The van der Waals surface area contributed by atoms with Gasteiger partial charge in [0.2, 0.25) is 0 Å². The monoisotopic (exact) mass is 466 g/mol. The van der Waals surface area contributed by atoms with Gasteiger partial charge in [-0.25, -0.2) is 9.37 Å². The maximum atomic E-state index is 13.8. The van der Waals surface area contributed by atoms with E-state index in [4.69, 9.17) is 9.47 Å². The van der Waals surface area contributed by atoms with Crippen LogP contribution in [0.4, 0.5) is 17.6 Å². The average Bonchev–Trinajstić information content (AvgIpc) is 3.14. The van der Waals surface area contributed by atoms with Gasteiger partial charge in [-0.1, -0.05) is 12.1 Å². The fraction of sp³-hybridized carbons (Fsp3) is 0.273. The summed E-state index contributed by atoms with van der Waals surface area (Å²) in [5.41, 5.74) is 1.48. The molecule has 2 aromatic carbocycles. The first-order valence-corrected chi connectivity index (χ1v) is 10.5. The Bertz CT molecular complexity index is 1140. The Morgan fingerprint density at radius 2 is 1.97 bits per heavy atom. The number of benzene rings is 2. The van der Waals surface area contributed by atoms with Crippen molar-refractivity contribution in [1.82, 2.24) is 10.3 Å². The summed E-state index contributed by atoms with van der Waals surface area (Å²) in [5, 5.41) is 3.23. The lowest BCUT2D eigenvalue weighted by Gasteiger charge is -2.20. The van der Waals surface area contributed by atoms with Crippen molar-refractivity contribution in [2.24, 2.45) is 0 Å². The lowest BCUT2D eigenvalue weighted by atomic mass is 10.1. The molecular weight excluding hydrogens is 448 g/mol. The fourth-order valence-electron chi connectivity index (χ4n) is 3.37. The topological polar surface area (TPSA) is 60.5 Å². The number of thiazole rings is 1. The molecule has 0 atom stereocenters. The molecule has 168 valence electrons. The van der Waals surface area contributed by atoms with E-state index in [1.165, 1.54) is 24.3 Å². The molecule has 2 heterocycles. The number of carbonyl (C=O) groups excluding carboxylic acids is 1. The molecule has 5 nitrogen and oxygen atoms in total. The standard InChI is InChI=1S/C22H18F4N2O3S/c1-12-19(32-21(28-12)13-2-4-16(5-3-13)22(24,25)26)20(29)27-7-6-14-8-17(23)9-15-10-30-11-31-18(14)15/h2-5,8-9H,6-7,10-11H2,1H3,(H,27,29). The second-order valence-corrected chi connectivity index (χ2v) is 8.18. The Balaban J connectivity index is 1.43. The summed E-state index contributed by atoms with van der Waals surface area (Å²) >= 11 is 1.10. The van der Waals surface area contributed by atoms with Crippen LogP contribution < -0.4 is 10.1 Å². The maximum Gasteiger partial charge on any atom is 0.416 e. The minimum absolute atomic E-state index is 0.0881. The summed E-state index contributed by atoms with van der Waals surface area (Å²) in [5.74, 6) is -0.184. The molecule has 0 saturated heterocycles. The number of ether oxygens (including phenoxy) is 2. The molecule has 0 spiro atoms. The predicted molar refractivity (Wildman–Crippen MR) is 110 cm³/mol. The van der Waals surface area contributed by atoms with E-state index in [0.717, 1.165) is 23.5 Å². The van der Waals surface area contributed by atoms with Crippen molar-refractivity contribution in [1.29, 1.82) is 0 Å². The number of amides is 1.